The average Bonchev–Trinajstić information content (AvgIpc) is 2.94. The van der Waals surface area contributed by atoms with E-state index in [2.05, 4.69) is 0 Å². The number of hydrogen-bond acceptors (Lipinski definition) is 2. The van der Waals surface area contributed by atoms with Gasteiger partial charge in [0, 0.05) is 26.2 Å². The summed E-state index contributed by atoms with van der Waals surface area (Å²) in [5.41, 5.74) is 0. The van der Waals surface area contributed by atoms with Crippen LogP contribution in [0, 0.1) is 0 Å². The number of rotatable bonds is 25. The molecule has 2 amide bonds. The van der Waals surface area contributed by atoms with Crippen LogP contribution in [0.2, 0.25) is 0 Å². The molecule has 4 nitrogen and oxygen atoms in total. The second-order valence-corrected chi connectivity index (χ2v) is 11.1. The third kappa shape index (κ3) is 11.1. The van der Waals surface area contributed by atoms with Crippen molar-refractivity contribution in [1.29, 1.82) is 0 Å². The Balaban J connectivity index is 6.11. The summed E-state index contributed by atoms with van der Waals surface area (Å²) in [6.45, 7) is 5.85. The van der Waals surface area contributed by atoms with Crippen LogP contribution in [-0.2, 0) is 9.59 Å². The molecule has 0 N–H and O–H groups in total. The smallest absolute Gasteiger partial charge is 0.337 e. The number of carbonyl (C=O) groups excluding carboxylic acids is 2. The number of carbonyl (C=O) groups is 2. The number of unbranched alkanes of at least 4 members (excludes halogenated alkanes) is 12. The van der Waals surface area contributed by atoms with Crippen molar-refractivity contribution in [1.82, 2.24) is 9.80 Å². The molecule has 0 fully saturated rings. The van der Waals surface area contributed by atoms with Crippen molar-refractivity contribution in [2.24, 2.45) is 0 Å². The Morgan fingerprint density at radius 1 is 0.405 bits per heavy atom. The van der Waals surface area contributed by atoms with Gasteiger partial charge in [0.05, 0.1) is 0 Å². The Kier molecular flexibility index (Phi) is 18.9. The van der Waals surface area contributed by atoms with Crippen LogP contribution in [-0.4, -0.2) is 71.5 Å². The maximum Gasteiger partial charge on any atom is 0.392 e. The normalized spacial score (nSPS) is 13.0. The van der Waals surface area contributed by atoms with Crippen molar-refractivity contribution in [3.05, 3.63) is 0 Å². The molecule has 0 unspecified atom stereocenters. The molecule has 250 valence electrons. The lowest BCUT2D eigenvalue weighted by Gasteiger charge is -2.38. The third-order valence-corrected chi connectivity index (χ3v) is 7.42. The molecule has 0 aromatic rings. The fourth-order valence-corrected chi connectivity index (χ4v) is 4.61. The largest absolute Gasteiger partial charge is 0.392 e. The summed E-state index contributed by atoms with van der Waals surface area (Å²) in [4.78, 5) is 26.0. The lowest BCUT2D eigenvalue weighted by Crippen LogP contribution is -2.69. The maximum atomic E-state index is 15.0. The Bertz CT molecular complexity index is 680. The minimum Gasteiger partial charge on any atom is -0.337 e. The van der Waals surface area contributed by atoms with Gasteiger partial charge in [0.1, 0.15) is 0 Å². The van der Waals surface area contributed by atoms with Crippen LogP contribution in [0.15, 0.2) is 0 Å². The zero-order chi connectivity index (χ0) is 32.5. The van der Waals surface area contributed by atoms with Gasteiger partial charge in [-0.05, 0) is 25.7 Å². The molecule has 0 spiro atoms. The van der Waals surface area contributed by atoms with Crippen LogP contribution >= 0.6 is 0 Å². The van der Waals surface area contributed by atoms with Crippen LogP contribution in [0.5, 0.6) is 0 Å². The summed E-state index contributed by atoms with van der Waals surface area (Å²) in [6.07, 6.45) is 8.24. The molecule has 0 aliphatic carbocycles. The van der Waals surface area contributed by atoms with Crippen LogP contribution in [0.25, 0.3) is 0 Å². The predicted octanol–water partition coefficient (Wildman–Crippen LogP) is 9.51. The molecule has 0 saturated carbocycles. The number of hydrogen-bond donors (Lipinski definition) is 0. The Hall–Kier alpha value is -1.62. The standard InChI is InChI=1S/C30H52F8N2O2/c1-5-9-13-17-21-39(22-18-14-10-6-2)25(41)27(31,32)29(35,36)30(37,38)28(33,34)26(42)40(23-19-15-11-7-3)24-20-16-12-8-4/h5-24H2,1-4H3. The second-order valence-electron chi connectivity index (χ2n) is 11.1. The van der Waals surface area contributed by atoms with E-state index < -0.39 is 61.7 Å². The van der Waals surface area contributed by atoms with Gasteiger partial charge in [0.25, 0.3) is 11.8 Å². The number of nitrogens with zero attached hydrogens (tertiary/aromatic N) is 2. The monoisotopic (exact) mass is 624 g/mol. The summed E-state index contributed by atoms with van der Waals surface area (Å²) < 4.78 is 120. The van der Waals surface area contributed by atoms with E-state index in [-0.39, 0.29) is 25.7 Å². The SMILES string of the molecule is CCCCCCN(CCCCCC)C(=O)C(F)(F)C(F)(F)C(F)(F)C(F)(F)C(=O)N(CCCCCC)CCCCCC. The van der Waals surface area contributed by atoms with Crippen molar-refractivity contribution in [2.75, 3.05) is 26.2 Å². The van der Waals surface area contributed by atoms with E-state index in [1.54, 1.807) is 0 Å². The van der Waals surface area contributed by atoms with Gasteiger partial charge in [0.15, 0.2) is 0 Å². The first-order chi connectivity index (χ1) is 19.6. The van der Waals surface area contributed by atoms with E-state index in [4.69, 9.17) is 0 Å². The van der Waals surface area contributed by atoms with Gasteiger partial charge in [-0.1, -0.05) is 105 Å². The minimum absolute atomic E-state index is 0.158. The van der Waals surface area contributed by atoms with Crippen molar-refractivity contribution in [2.45, 2.75) is 154 Å². The van der Waals surface area contributed by atoms with Gasteiger partial charge in [-0.3, -0.25) is 9.59 Å². The number of halogens is 8. The first-order valence-electron chi connectivity index (χ1n) is 15.7. The van der Waals surface area contributed by atoms with Crippen molar-refractivity contribution < 1.29 is 44.7 Å². The van der Waals surface area contributed by atoms with E-state index in [1.807, 2.05) is 27.7 Å². The highest BCUT2D eigenvalue weighted by atomic mass is 19.4. The highest BCUT2D eigenvalue weighted by Crippen LogP contribution is 2.53. The highest BCUT2D eigenvalue weighted by molar-refractivity contribution is 5.87. The minimum atomic E-state index is -6.84. The van der Waals surface area contributed by atoms with E-state index >= 15 is 0 Å². The molecule has 0 aliphatic rings. The Morgan fingerprint density at radius 2 is 0.619 bits per heavy atom. The van der Waals surface area contributed by atoms with Crippen molar-refractivity contribution >= 4 is 11.8 Å². The molecule has 0 rings (SSSR count). The molecule has 0 bridgehead atoms. The third-order valence-electron chi connectivity index (χ3n) is 7.42. The maximum absolute atomic E-state index is 15.0. The Morgan fingerprint density at radius 3 is 0.810 bits per heavy atom. The molecule has 0 aliphatic heterocycles. The zero-order valence-corrected chi connectivity index (χ0v) is 25.9. The van der Waals surface area contributed by atoms with E-state index in [0.717, 1.165) is 25.7 Å². The zero-order valence-electron chi connectivity index (χ0n) is 25.9. The van der Waals surface area contributed by atoms with E-state index in [1.165, 1.54) is 0 Å². The molecule has 0 aromatic carbocycles. The first-order valence-corrected chi connectivity index (χ1v) is 15.7. The Labute approximate surface area is 246 Å². The highest BCUT2D eigenvalue weighted by Gasteiger charge is 2.85. The van der Waals surface area contributed by atoms with Crippen molar-refractivity contribution in [3.63, 3.8) is 0 Å². The number of amides is 2. The first kappa shape index (κ1) is 40.4. The van der Waals surface area contributed by atoms with Crippen molar-refractivity contribution in [3.8, 4) is 0 Å². The predicted molar refractivity (Wildman–Crippen MR) is 150 cm³/mol. The molecule has 0 saturated heterocycles. The fourth-order valence-electron chi connectivity index (χ4n) is 4.61. The lowest BCUT2D eigenvalue weighted by molar-refractivity contribution is -0.350. The summed E-state index contributed by atoms with van der Waals surface area (Å²) in [6, 6.07) is 0. The van der Waals surface area contributed by atoms with Gasteiger partial charge < -0.3 is 9.80 Å². The van der Waals surface area contributed by atoms with Crippen LogP contribution in [0.4, 0.5) is 35.1 Å². The summed E-state index contributed by atoms with van der Waals surface area (Å²) in [7, 11) is 0. The van der Waals surface area contributed by atoms with E-state index in [0.29, 0.717) is 61.2 Å². The molecule has 0 heterocycles. The van der Waals surface area contributed by atoms with Crippen LogP contribution in [0.1, 0.15) is 130 Å². The van der Waals surface area contributed by atoms with Gasteiger partial charge in [-0.2, -0.15) is 35.1 Å². The van der Waals surface area contributed by atoms with Gasteiger partial charge in [-0.15, -0.1) is 0 Å². The molecule has 0 radical (unpaired) electrons. The van der Waals surface area contributed by atoms with Gasteiger partial charge in [0.2, 0.25) is 0 Å². The van der Waals surface area contributed by atoms with Gasteiger partial charge in [-0.25, -0.2) is 0 Å². The molecule has 12 heteroatoms. The van der Waals surface area contributed by atoms with E-state index in [9.17, 15) is 44.7 Å². The molecule has 42 heavy (non-hydrogen) atoms. The van der Waals surface area contributed by atoms with Crippen LogP contribution < -0.4 is 0 Å². The lowest BCUT2D eigenvalue weighted by atomic mass is 9.96. The number of alkyl halides is 8. The topological polar surface area (TPSA) is 40.6 Å². The summed E-state index contributed by atoms with van der Waals surface area (Å²) in [5.74, 6) is -31.3. The molecule has 0 aromatic heterocycles. The quantitative estimate of drug-likeness (QED) is 0.0750. The molecular formula is C30H52F8N2O2. The van der Waals surface area contributed by atoms with Gasteiger partial charge >= 0.3 is 23.7 Å². The molecular weight excluding hydrogens is 572 g/mol. The fraction of sp³-hybridized carbons (Fsp3) is 0.933. The second kappa shape index (κ2) is 19.6. The average molecular weight is 625 g/mol. The summed E-state index contributed by atoms with van der Waals surface area (Å²) >= 11 is 0. The van der Waals surface area contributed by atoms with Crippen LogP contribution in [0.3, 0.4) is 0 Å². The molecule has 0 atom stereocenters. The summed E-state index contributed by atoms with van der Waals surface area (Å²) in [5, 5.41) is 0.